The van der Waals surface area contributed by atoms with Crippen LogP contribution in [0.5, 0.6) is 5.75 Å². The summed E-state index contributed by atoms with van der Waals surface area (Å²) in [4.78, 5) is 24.0. The molecule has 138 valence electrons. The van der Waals surface area contributed by atoms with Crippen LogP contribution >= 0.6 is 0 Å². The third-order valence-electron chi connectivity index (χ3n) is 4.34. The molecule has 2 aromatic carbocycles. The standard InChI is InChI=1S/C21H26N2O3/c1-14-9-10-16(3)20(17(14)4)26-13-19(24)22-11-12-23-21(25)18-8-6-5-7-15(18)2/h5-10H,11-13H2,1-4H3,(H,22,24)(H,23,25). The molecule has 0 aliphatic rings. The highest BCUT2D eigenvalue weighted by Gasteiger charge is 2.10. The minimum absolute atomic E-state index is 0.0448. The van der Waals surface area contributed by atoms with Gasteiger partial charge in [0.2, 0.25) is 0 Å². The fourth-order valence-electron chi connectivity index (χ4n) is 2.64. The van der Waals surface area contributed by atoms with Gasteiger partial charge in [0, 0.05) is 18.7 Å². The molecule has 2 aromatic rings. The third-order valence-corrected chi connectivity index (χ3v) is 4.34. The van der Waals surface area contributed by atoms with Gasteiger partial charge in [-0.2, -0.15) is 0 Å². The average molecular weight is 354 g/mol. The third kappa shape index (κ3) is 5.09. The highest BCUT2D eigenvalue weighted by atomic mass is 16.5. The van der Waals surface area contributed by atoms with Gasteiger partial charge in [0.1, 0.15) is 5.75 Å². The molecule has 0 bridgehead atoms. The summed E-state index contributed by atoms with van der Waals surface area (Å²) in [6.45, 7) is 8.52. The molecular weight excluding hydrogens is 328 g/mol. The van der Waals surface area contributed by atoms with Gasteiger partial charge in [-0.1, -0.05) is 30.3 Å². The summed E-state index contributed by atoms with van der Waals surface area (Å²) in [5, 5.41) is 5.55. The molecule has 5 nitrogen and oxygen atoms in total. The van der Waals surface area contributed by atoms with Crippen LogP contribution in [0.1, 0.15) is 32.6 Å². The number of nitrogens with one attached hydrogen (secondary N) is 2. The molecule has 5 heteroatoms. The molecule has 0 spiro atoms. The Morgan fingerprint density at radius 3 is 2.23 bits per heavy atom. The van der Waals surface area contributed by atoms with E-state index in [0.29, 0.717) is 18.7 Å². The fourth-order valence-corrected chi connectivity index (χ4v) is 2.64. The van der Waals surface area contributed by atoms with Crippen LogP contribution in [0.25, 0.3) is 0 Å². The van der Waals surface area contributed by atoms with Crippen molar-refractivity contribution in [1.29, 1.82) is 0 Å². The second kappa shape index (κ2) is 9.04. The summed E-state index contributed by atoms with van der Waals surface area (Å²) in [6.07, 6.45) is 0. The van der Waals surface area contributed by atoms with E-state index in [4.69, 9.17) is 4.74 Å². The molecule has 0 radical (unpaired) electrons. The Balaban J connectivity index is 1.74. The fraction of sp³-hybridized carbons (Fsp3) is 0.333. The lowest BCUT2D eigenvalue weighted by Gasteiger charge is -2.14. The summed E-state index contributed by atoms with van der Waals surface area (Å²) in [6, 6.07) is 11.4. The number of benzene rings is 2. The zero-order valence-electron chi connectivity index (χ0n) is 15.8. The topological polar surface area (TPSA) is 67.4 Å². The van der Waals surface area contributed by atoms with Crippen LogP contribution in [0.3, 0.4) is 0 Å². The smallest absolute Gasteiger partial charge is 0.258 e. The van der Waals surface area contributed by atoms with E-state index in [0.717, 1.165) is 28.0 Å². The molecule has 2 rings (SSSR count). The zero-order valence-corrected chi connectivity index (χ0v) is 15.8. The minimum atomic E-state index is -0.213. The molecular formula is C21H26N2O3. The van der Waals surface area contributed by atoms with Gasteiger partial charge in [0.25, 0.3) is 11.8 Å². The van der Waals surface area contributed by atoms with Crippen molar-refractivity contribution in [3.05, 3.63) is 64.2 Å². The molecule has 0 saturated heterocycles. The number of ether oxygens (including phenoxy) is 1. The van der Waals surface area contributed by atoms with Crippen molar-refractivity contribution in [3.8, 4) is 5.75 Å². The van der Waals surface area contributed by atoms with Gasteiger partial charge in [-0.3, -0.25) is 9.59 Å². The van der Waals surface area contributed by atoms with E-state index in [-0.39, 0.29) is 18.4 Å². The van der Waals surface area contributed by atoms with E-state index >= 15 is 0 Å². The van der Waals surface area contributed by atoms with E-state index in [1.807, 2.05) is 58.0 Å². The molecule has 0 aromatic heterocycles. The van der Waals surface area contributed by atoms with Crippen LogP contribution in [-0.2, 0) is 4.79 Å². The molecule has 2 N–H and O–H groups in total. The summed E-state index contributed by atoms with van der Waals surface area (Å²) < 4.78 is 5.67. The number of carbonyl (C=O) groups is 2. The number of hydrogen-bond acceptors (Lipinski definition) is 3. The first kappa shape index (κ1) is 19.5. The lowest BCUT2D eigenvalue weighted by Crippen LogP contribution is -2.37. The van der Waals surface area contributed by atoms with Crippen molar-refractivity contribution >= 4 is 11.8 Å². The van der Waals surface area contributed by atoms with E-state index in [2.05, 4.69) is 10.6 Å². The first-order chi connectivity index (χ1) is 12.4. The van der Waals surface area contributed by atoms with Gasteiger partial charge >= 0.3 is 0 Å². The highest BCUT2D eigenvalue weighted by molar-refractivity contribution is 5.95. The predicted molar refractivity (Wildman–Crippen MR) is 103 cm³/mol. The molecule has 0 unspecified atom stereocenters. The molecule has 0 heterocycles. The molecule has 26 heavy (non-hydrogen) atoms. The van der Waals surface area contributed by atoms with Crippen molar-refractivity contribution in [2.75, 3.05) is 19.7 Å². The highest BCUT2D eigenvalue weighted by Crippen LogP contribution is 2.25. The Hall–Kier alpha value is -2.82. The molecule has 0 aliphatic carbocycles. The van der Waals surface area contributed by atoms with Crippen LogP contribution in [0.4, 0.5) is 0 Å². The van der Waals surface area contributed by atoms with Crippen LogP contribution in [0, 0.1) is 27.7 Å². The molecule has 0 fully saturated rings. The van der Waals surface area contributed by atoms with Gasteiger partial charge in [0.05, 0.1) is 0 Å². The SMILES string of the molecule is Cc1ccccc1C(=O)NCCNC(=O)COc1c(C)ccc(C)c1C. The van der Waals surface area contributed by atoms with Crippen LogP contribution in [0.15, 0.2) is 36.4 Å². The average Bonchev–Trinajstić information content (AvgIpc) is 2.62. The van der Waals surface area contributed by atoms with Gasteiger partial charge < -0.3 is 15.4 Å². The van der Waals surface area contributed by atoms with Crippen molar-refractivity contribution < 1.29 is 14.3 Å². The molecule has 0 saturated carbocycles. The molecule has 0 aliphatic heterocycles. The summed E-state index contributed by atoms with van der Waals surface area (Å²) in [5.74, 6) is 0.406. The minimum Gasteiger partial charge on any atom is -0.483 e. The van der Waals surface area contributed by atoms with Gasteiger partial charge in [0.15, 0.2) is 6.61 Å². The van der Waals surface area contributed by atoms with Crippen LogP contribution in [-0.4, -0.2) is 31.5 Å². The largest absolute Gasteiger partial charge is 0.483 e. The maximum atomic E-state index is 12.1. The van der Waals surface area contributed by atoms with E-state index < -0.39 is 0 Å². The van der Waals surface area contributed by atoms with Crippen LogP contribution in [0.2, 0.25) is 0 Å². The Morgan fingerprint density at radius 1 is 0.846 bits per heavy atom. The normalized spacial score (nSPS) is 10.3. The van der Waals surface area contributed by atoms with Crippen molar-refractivity contribution in [2.24, 2.45) is 0 Å². The number of carbonyl (C=O) groups excluding carboxylic acids is 2. The summed E-state index contributed by atoms with van der Waals surface area (Å²) in [5.41, 5.74) is 4.75. The maximum Gasteiger partial charge on any atom is 0.258 e. The Labute approximate surface area is 154 Å². The number of hydrogen-bond donors (Lipinski definition) is 2. The first-order valence-electron chi connectivity index (χ1n) is 8.70. The van der Waals surface area contributed by atoms with Crippen molar-refractivity contribution in [1.82, 2.24) is 10.6 Å². The van der Waals surface area contributed by atoms with Crippen LogP contribution < -0.4 is 15.4 Å². The molecule has 0 atom stereocenters. The first-order valence-corrected chi connectivity index (χ1v) is 8.70. The Bertz CT molecular complexity index is 800. The van der Waals surface area contributed by atoms with Crippen molar-refractivity contribution in [3.63, 3.8) is 0 Å². The second-order valence-corrected chi connectivity index (χ2v) is 6.36. The second-order valence-electron chi connectivity index (χ2n) is 6.36. The lowest BCUT2D eigenvalue weighted by molar-refractivity contribution is -0.123. The summed E-state index contributed by atoms with van der Waals surface area (Å²) in [7, 11) is 0. The van der Waals surface area contributed by atoms with Gasteiger partial charge in [-0.05, 0) is 56.0 Å². The Kier molecular flexibility index (Phi) is 6.78. The van der Waals surface area contributed by atoms with Crippen molar-refractivity contribution in [2.45, 2.75) is 27.7 Å². The number of amides is 2. The lowest BCUT2D eigenvalue weighted by atomic mass is 10.1. The molecule has 2 amide bonds. The number of aryl methyl sites for hydroxylation is 3. The maximum absolute atomic E-state index is 12.1. The number of rotatable bonds is 7. The van der Waals surface area contributed by atoms with E-state index in [1.165, 1.54) is 0 Å². The monoisotopic (exact) mass is 354 g/mol. The quantitative estimate of drug-likeness (QED) is 0.752. The van der Waals surface area contributed by atoms with Gasteiger partial charge in [-0.25, -0.2) is 0 Å². The Morgan fingerprint density at radius 2 is 1.50 bits per heavy atom. The predicted octanol–water partition coefficient (Wildman–Crippen LogP) is 2.85. The zero-order chi connectivity index (χ0) is 19.1. The van der Waals surface area contributed by atoms with Gasteiger partial charge in [-0.15, -0.1) is 0 Å². The van der Waals surface area contributed by atoms with E-state index in [9.17, 15) is 9.59 Å². The van der Waals surface area contributed by atoms with E-state index in [1.54, 1.807) is 6.07 Å². The summed E-state index contributed by atoms with van der Waals surface area (Å²) >= 11 is 0.